The third kappa shape index (κ3) is 3.64. The smallest absolute Gasteiger partial charge is 0.229 e. The molecule has 0 saturated carbocycles. The Labute approximate surface area is 164 Å². The average Bonchev–Trinajstić information content (AvgIpc) is 3.32. The lowest BCUT2D eigenvalue weighted by atomic mass is 10.1. The van der Waals surface area contributed by atoms with Crippen molar-refractivity contribution in [2.45, 2.75) is 6.42 Å². The fraction of sp³-hybridized carbons (Fsp3) is 0.150. The monoisotopic (exact) mass is 424 g/mol. The molecule has 2 N–H and O–H groups in total. The number of hydrogen-bond donors (Lipinski definition) is 2. The van der Waals surface area contributed by atoms with E-state index in [4.69, 9.17) is 0 Å². The molecule has 0 bridgehead atoms. The Balaban J connectivity index is 1.47. The maximum atomic E-state index is 12.7. The number of nitrogens with one attached hydrogen (secondary N) is 2. The largest absolute Gasteiger partial charge is 0.326 e. The third-order valence-corrected chi connectivity index (χ3v) is 5.25. The predicted molar refractivity (Wildman–Crippen MR) is 107 cm³/mol. The first-order chi connectivity index (χ1) is 13.1. The molecule has 2 heterocycles. The number of aromatic nitrogens is 2. The molecule has 1 fully saturated rings. The van der Waals surface area contributed by atoms with Crippen LogP contribution in [0.2, 0.25) is 0 Å². The van der Waals surface area contributed by atoms with Crippen LogP contribution < -0.4 is 10.2 Å². The quantitative estimate of drug-likeness (QED) is 0.667. The maximum absolute atomic E-state index is 12.7. The highest BCUT2D eigenvalue weighted by Crippen LogP contribution is 2.31. The minimum Gasteiger partial charge on any atom is -0.326 e. The molecular weight excluding hydrogens is 408 g/mol. The molecule has 6 nitrogen and oxygen atoms in total. The van der Waals surface area contributed by atoms with E-state index < -0.39 is 0 Å². The molecule has 0 spiro atoms. The number of para-hydroxylation sites is 1. The van der Waals surface area contributed by atoms with Gasteiger partial charge in [0, 0.05) is 34.9 Å². The van der Waals surface area contributed by atoms with Crippen LogP contribution in [0.3, 0.4) is 0 Å². The normalized spacial score (nSPS) is 16.6. The van der Waals surface area contributed by atoms with Gasteiger partial charge < -0.3 is 10.2 Å². The molecule has 1 saturated heterocycles. The second-order valence-corrected chi connectivity index (χ2v) is 7.25. The van der Waals surface area contributed by atoms with E-state index in [2.05, 4.69) is 31.4 Å². The van der Waals surface area contributed by atoms with Gasteiger partial charge in [-0.3, -0.25) is 14.7 Å². The first kappa shape index (κ1) is 17.5. The highest BCUT2D eigenvalue weighted by Gasteiger charge is 2.35. The summed E-state index contributed by atoms with van der Waals surface area (Å²) in [6.45, 7) is 0.369. The Bertz CT molecular complexity index is 987. The molecule has 3 aromatic rings. The summed E-state index contributed by atoms with van der Waals surface area (Å²) in [7, 11) is 0. The van der Waals surface area contributed by atoms with Gasteiger partial charge in [0.2, 0.25) is 11.8 Å². The van der Waals surface area contributed by atoms with Crippen LogP contribution >= 0.6 is 15.9 Å². The maximum Gasteiger partial charge on any atom is 0.229 e. The number of nitrogens with zero attached hydrogens (tertiary/aromatic N) is 2. The first-order valence-electron chi connectivity index (χ1n) is 8.57. The summed E-state index contributed by atoms with van der Waals surface area (Å²) in [4.78, 5) is 26.8. The van der Waals surface area contributed by atoms with Gasteiger partial charge in [-0.1, -0.05) is 24.3 Å². The molecule has 1 atom stereocenters. The molecule has 1 aromatic heterocycles. The van der Waals surface area contributed by atoms with Crippen molar-refractivity contribution in [3.63, 3.8) is 0 Å². The molecule has 1 unspecified atom stereocenters. The fourth-order valence-corrected chi connectivity index (χ4v) is 3.71. The fourth-order valence-electron chi connectivity index (χ4n) is 3.21. The van der Waals surface area contributed by atoms with Crippen LogP contribution in [0.5, 0.6) is 0 Å². The number of aromatic amines is 1. The average molecular weight is 425 g/mol. The zero-order valence-electron chi connectivity index (χ0n) is 14.4. The zero-order chi connectivity index (χ0) is 18.8. The molecule has 2 amide bonds. The van der Waals surface area contributed by atoms with Crippen molar-refractivity contribution in [1.82, 2.24) is 10.2 Å². The number of anilines is 2. The van der Waals surface area contributed by atoms with Gasteiger partial charge in [-0.15, -0.1) is 0 Å². The molecule has 27 heavy (non-hydrogen) atoms. The van der Waals surface area contributed by atoms with Crippen LogP contribution in [-0.4, -0.2) is 28.6 Å². The Kier molecular flexibility index (Phi) is 4.77. The van der Waals surface area contributed by atoms with Crippen LogP contribution in [0, 0.1) is 5.92 Å². The van der Waals surface area contributed by atoms with Crippen LogP contribution in [0.25, 0.3) is 11.3 Å². The Morgan fingerprint density at radius 3 is 2.81 bits per heavy atom. The summed E-state index contributed by atoms with van der Waals surface area (Å²) in [6, 6.07) is 16.9. The van der Waals surface area contributed by atoms with E-state index in [1.165, 1.54) is 0 Å². The van der Waals surface area contributed by atoms with Crippen molar-refractivity contribution in [3.8, 4) is 11.3 Å². The highest BCUT2D eigenvalue weighted by molar-refractivity contribution is 9.10. The summed E-state index contributed by atoms with van der Waals surface area (Å²) >= 11 is 3.47. The van der Waals surface area contributed by atoms with Gasteiger partial charge in [0.05, 0.1) is 17.3 Å². The molecule has 1 aliphatic rings. The van der Waals surface area contributed by atoms with Gasteiger partial charge in [-0.2, -0.15) is 5.10 Å². The lowest BCUT2D eigenvalue weighted by molar-refractivity contribution is -0.122. The van der Waals surface area contributed by atoms with E-state index in [1.54, 1.807) is 11.1 Å². The lowest BCUT2D eigenvalue weighted by Crippen LogP contribution is -2.28. The molecule has 2 aromatic carbocycles. The summed E-state index contributed by atoms with van der Waals surface area (Å²) in [5.74, 6) is -0.589. The number of rotatable bonds is 4. The number of H-pyrrole nitrogens is 1. The SMILES string of the molecule is O=C(Nc1cccc(-c2ccn[nH]2)c1)C1CC(=O)N(c2ccccc2Br)C1. The van der Waals surface area contributed by atoms with E-state index in [1.807, 2.05) is 54.6 Å². The first-order valence-corrected chi connectivity index (χ1v) is 9.36. The lowest BCUT2D eigenvalue weighted by Gasteiger charge is -2.18. The van der Waals surface area contributed by atoms with Crippen molar-refractivity contribution in [1.29, 1.82) is 0 Å². The van der Waals surface area contributed by atoms with Gasteiger partial charge in [-0.25, -0.2) is 0 Å². The second kappa shape index (κ2) is 7.36. The number of halogens is 1. The molecule has 0 aliphatic carbocycles. The minimum absolute atomic E-state index is 0.0479. The number of benzene rings is 2. The van der Waals surface area contributed by atoms with Gasteiger partial charge >= 0.3 is 0 Å². The van der Waals surface area contributed by atoms with Gasteiger partial charge in [0.25, 0.3) is 0 Å². The summed E-state index contributed by atoms with van der Waals surface area (Å²) < 4.78 is 0.840. The number of carbonyl (C=O) groups excluding carboxylic acids is 2. The molecule has 1 aliphatic heterocycles. The van der Waals surface area contributed by atoms with Crippen LogP contribution in [0.1, 0.15) is 6.42 Å². The summed E-state index contributed by atoms with van der Waals surface area (Å²) in [5.41, 5.74) is 3.29. The van der Waals surface area contributed by atoms with Gasteiger partial charge in [0.1, 0.15) is 0 Å². The van der Waals surface area contributed by atoms with Crippen molar-refractivity contribution in [2.75, 3.05) is 16.8 Å². The Morgan fingerprint density at radius 2 is 2.04 bits per heavy atom. The number of amides is 2. The van der Waals surface area contributed by atoms with Gasteiger partial charge in [0.15, 0.2) is 0 Å². The molecule has 7 heteroatoms. The topological polar surface area (TPSA) is 78.1 Å². The van der Waals surface area contributed by atoms with E-state index in [9.17, 15) is 9.59 Å². The Morgan fingerprint density at radius 1 is 1.19 bits per heavy atom. The predicted octanol–water partition coefficient (Wildman–Crippen LogP) is 3.83. The third-order valence-electron chi connectivity index (χ3n) is 4.58. The standard InChI is InChI=1S/C20H17BrN4O2/c21-16-6-1-2-7-18(16)25-12-14(11-19(25)26)20(27)23-15-5-3-4-13(10-15)17-8-9-22-24-17/h1-10,14H,11-12H2,(H,22,24)(H,23,27). The van der Waals surface area contributed by atoms with E-state index >= 15 is 0 Å². The van der Waals surface area contributed by atoms with Crippen molar-refractivity contribution < 1.29 is 9.59 Å². The summed E-state index contributed by atoms with van der Waals surface area (Å²) in [6.07, 6.45) is 1.88. The van der Waals surface area contributed by atoms with Crippen molar-refractivity contribution in [3.05, 3.63) is 65.3 Å². The Hall–Kier alpha value is -2.93. The molecule has 136 valence electrons. The van der Waals surface area contributed by atoms with Crippen molar-refractivity contribution in [2.24, 2.45) is 5.92 Å². The highest BCUT2D eigenvalue weighted by atomic mass is 79.9. The van der Waals surface area contributed by atoms with Crippen LogP contribution in [0.4, 0.5) is 11.4 Å². The van der Waals surface area contributed by atoms with E-state index in [-0.39, 0.29) is 24.2 Å². The number of hydrogen-bond acceptors (Lipinski definition) is 3. The zero-order valence-corrected chi connectivity index (χ0v) is 15.9. The summed E-state index contributed by atoms with van der Waals surface area (Å²) in [5, 5.41) is 9.78. The van der Waals surface area contributed by atoms with Crippen molar-refractivity contribution >= 4 is 39.1 Å². The molecular formula is C20H17BrN4O2. The van der Waals surface area contributed by atoms with E-state index in [0.717, 1.165) is 21.4 Å². The molecule has 4 rings (SSSR count). The van der Waals surface area contributed by atoms with Crippen LogP contribution in [-0.2, 0) is 9.59 Å². The minimum atomic E-state index is -0.389. The second-order valence-electron chi connectivity index (χ2n) is 6.40. The molecule has 0 radical (unpaired) electrons. The van der Waals surface area contributed by atoms with Crippen LogP contribution in [0.15, 0.2) is 65.3 Å². The van der Waals surface area contributed by atoms with E-state index in [0.29, 0.717) is 12.2 Å². The van der Waals surface area contributed by atoms with Gasteiger partial charge in [-0.05, 0) is 46.3 Å². The number of carbonyl (C=O) groups is 2.